The maximum absolute atomic E-state index is 12.3. The second kappa shape index (κ2) is 6.04. The topological polar surface area (TPSA) is 72.0 Å². The van der Waals surface area contributed by atoms with E-state index in [0.29, 0.717) is 12.4 Å². The monoisotopic (exact) mass is 319 g/mol. The SMILES string of the molecule is Cc1ccc(CNc2ccc(S(=O)(=O)C(C)(C)C)nn2)cc1. The van der Waals surface area contributed by atoms with E-state index in [2.05, 4.69) is 15.5 Å². The summed E-state index contributed by atoms with van der Waals surface area (Å²) in [5, 5.41) is 10.9. The van der Waals surface area contributed by atoms with Gasteiger partial charge in [-0.3, -0.25) is 0 Å². The molecule has 6 heteroatoms. The Balaban J connectivity index is 2.08. The first-order chi connectivity index (χ1) is 10.2. The molecule has 1 heterocycles. The molecule has 0 saturated heterocycles. The number of aryl methyl sites for hydroxylation is 1. The third-order valence-electron chi connectivity index (χ3n) is 3.32. The fourth-order valence-corrected chi connectivity index (χ4v) is 2.79. The van der Waals surface area contributed by atoms with Crippen molar-refractivity contribution in [2.24, 2.45) is 0 Å². The quantitative estimate of drug-likeness (QED) is 0.938. The minimum absolute atomic E-state index is 0.000820. The van der Waals surface area contributed by atoms with E-state index in [0.717, 1.165) is 5.56 Å². The van der Waals surface area contributed by atoms with Gasteiger partial charge in [-0.15, -0.1) is 10.2 Å². The van der Waals surface area contributed by atoms with Gasteiger partial charge in [-0.2, -0.15) is 0 Å². The van der Waals surface area contributed by atoms with E-state index >= 15 is 0 Å². The molecule has 1 aromatic heterocycles. The zero-order valence-electron chi connectivity index (χ0n) is 13.3. The van der Waals surface area contributed by atoms with Crippen LogP contribution in [-0.2, 0) is 16.4 Å². The highest BCUT2D eigenvalue weighted by Crippen LogP contribution is 2.23. The van der Waals surface area contributed by atoms with E-state index in [1.165, 1.54) is 11.6 Å². The molecule has 0 saturated carbocycles. The molecule has 5 nitrogen and oxygen atoms in total. The van der Waals surface area contributed by atoms with E-state index in [1.807, 2.05) is 31.2 Å². The van der Waals surface area contributed by atoms with E-state index in [1.54, 1.807) is 26.8 Å². The van der Waals surface area contributed by atoms with Crippen LogP contribution in [0.4, 0.5) is 5.82 Å². The van der Waals surface area contributed by atoms with Crippen LogP contribution >= 0.6 is 0 Å². The van der Waals surface area contributed by atoms with Crippen molar-refractivity contribution < 1.29 is 8.42 Å². The van der Waals surface area contributed by atoms with Crippen molar-refractivity contribution in [3.8, 4) is 0 Å². The van der Waals surface area contributed by atoms with Gasteiger partial charge in [-0.25, -0.2) is 8.42 Å². The Morgan fingerprint density at radius 1 is 1.00 bits per heavy atom. The van der Waals surface area contributed by atoms with Gasteiger partial charge in [0, 0.05) is 6.54 Å². The number of nitrogens with zero attached hydrogens (tertiary/aromatic N) is 2. The van der Waals surface area contributed by atoms with Crippen molar-refractivity contribution in [3.05, 3.63) is 47.5 Å². The molecule has 0 amide bonds. The summed E-state index contributed by atoms with van der Waals surface area (Å²) in [6, 6.07) is 11.3. The molecule has 2 rings (SSSR count). The molecule has 118 valence electrons. The van der Waals surface area contributed by atoms with Gasteiger partial charge in [0.1, 0.15) is 5.82 Å². The first-order valence-corrected chi connectivity index (χ1v) is 8.56. The lowest BCUT2D eigenvalue weighted by Crippen LogP contribution is -2.28. The Hall–Kier alpha value is -1.95. The van der Waals surface area contributed by atoms with E-state index in [9.17, 15) is 8.42 Å². The molecule has 0 aliphatic carbocycles. The van der Waals surface area contributed by atoms with Crippen LogP contribution in [0.3, 0.4) is 0 Å². The summed E-state index contributed by atoms with van der Waals surface area (Å²) in [4.78, 5) is 0. The fraction of sp³-hybridized carbons (Fsp3) is 0.375. The molecular weight excluding hydrogens is 298 g/mol. The average molecular weight is 319 g/mol. The Bertz CT molecular complexity index is 730. The van der Waals surface area contributed by atoms with Crippen LogP contribution in [0.15, 0.2) is 41.4 Å². The highest BCUT2D eigenvalue weighted by Gasteiger charge is 2.32. The first kappa shape index (κ1) is 16.4. The molecule has 0 aliphatic rings. The minimum Gasteiger partial charge on any atom is -0.365 e. The molecule has 2 aromatic rings. The highest BCUT2D eigenvalue weighted by molar-refractivity contribution is 7.92. The second-order valence-corrected chi connectivity index (χ2v) is 8.86. The predicted molar refractivity (Wildman–Crippen MR) is 87.5 cm³/mol. The average Bonchev–Trinajstić information content (AvgIpc) is 2.46. The molecule has 22 heavy (non-hydrogen) atoms. The molecular formula is C16H21N3O2S. The summed E-state index contributed by atoms with van der Waals surface area (Å²) in [6.07, 6.45) is 0. The molecule has 1 aromatic carbocycles. The van der Waals surface area contributed by atoms with Crippen molar-refractivity contribution in [1.29, 1.82) is 0 Å². The van der Waals surface area contributed by atoms with Crippen LogP contribution in [0.2, 0.25) is 0 Å². The third kappa shape index (κ3) is 3.62. The smallest absolute Gasteiger partial charge is 0.202 e. The van der Waals surface area contributed by atoms with Crippen LogP contribution in [0.25, 0.3) is 0 Å². The summed E-state index contributed by atoms with van der Waals surface area (Å²) in [5.41, 5.74) is 2.33. The van der Waals surface area contributed by atoms with Crippen LogP contribution in [0.5, 0.6) is 0 Å². The summed E-state index contributed by atoms with van der Waals surface area (Å²) in [5.74, 6) is 0.549. The summed E-state index contributed by atoms with van der Waals surface area (Å²) in [6.45, 7) is 7.59. The van der Waals surface area contributed by atoms with Gasteiger partial charge >= 0.3 is 0 Å². The number of sulfone groups is 1. The van der Waals surface area contributed by atoms with Gasteiger partial charge < -0.3 is 5.32 Å². The van der Waals surface area contributed by atoms with Crippen molar-refractivity contribution in [2.75, 3.05) is 5.32 Å². The van der Waals surface area contributed by atoms with Gasteiger partial charge in [0.15, 0.2) is 5.03 Å². The number of benzene rings is 1. The lowest BCUT2D eigenvalue weighted by Gasteiger charge is -2.18. The standard InChI is InChI=1S/C16H21N3O2S/c1-12-5-7-13(8-6-12)11-17-14-9-10-15(19-18-14)22(20,21)16(2,3)4/h5-10H,11H2,1-4H3,(H,17,18). The molecule has 0 bridgehead atoms. The fourth-order valence-electron chi connectivity index (χ4n) is 1.77. The lowest BCUT2D eigenvalue weighted by molar-refractivity contribution is 0.554. The summed E-state index contributed by atoms with van der Waals surface area (Å²) >= 11 is 0. The molecule has 0 spiro atoms. The Morgan fingerprint density at radius 3 is 2.14 bits per heavy atom. The van der Waals surface area contributed by atoms with Crippen molar-refractivity contribution in [2.45, 2.75) is 44.0 Å². The lowest BCUT2D eigenvalue weighted by atomic mass is 10.1. The van der Waals surface area contributed by atoms with Gasteiger partial charge in [0.2, 0.25) is 9.84 Å². The molecule has 1 N–H and O–H groups in total. The maximum Gasteiger partial charge on any atom is 0.202 e. The number of hydrogen-bond acceptors (Lipinski definition) is 5. The Labute approximate surface area is 131 Å². The van der Waals surface area contributed by atoms with Crippen molar-refractivity contribution in [1.82, 2.24) is 10.2 Å². The van der Waals surface area contributed by atoms with Crippen molar-refractivity contribution in [3.63, 3.8) is 0 Å². The molecule has 0 aliphatic heterocycles. The molecule has 0 fully saturated rings. The summed E-state index contributed by atoms with van der Waals surface area (Å²) < 4.78 is 23.6. The molecule has 0 radical (unpaired) electrons. The van der Waals surface area contributed by atoms with Gasteiger partial charge in [-0.05, 0) is 45.4 Å². The van der Waals surface area contributed by atoms with Crippen molar-refractivity contribution >= 4 is 15.7 Å². The predicted octanol–water partition coefficient (Wildman–Crippen LogP) is 2.97. The second-order valence-electron chi connectivity index (χ2n) is 6.21. The third-order valence-corrected chi connectivity index (χ3v) is 5.70. The van der Waals surface area contributed by atoms with Crippen LogP contribution in [0.1, 0.15) is 31.9 Å². The van der Waals surface area contributed by atoms with E-state index in [4.69, 9.17) is 0 Å². The van der Waals surface area contributed by atoms with E-state index < -0.39 is 14.6 Å². The maximum atomic E-state index is 12.3. The van der Waals surface area contributed by atoms with E-state index in [-0.39, 0.29) is 5.03 Å². The Morgan fingerprint density at radius 2 is 1.64 bits per heavy atom. The van der Waals surface area contributed by atoms with Crippen LogP contribution in [0, 0.1) is 6.92 Å². The minimum atomic E-state index is -3.47. The number of anilines is 1. The number of rotatable bonds is 4. The van der Waals surface area contributed by atoms with Gasteiger partial charge in [0.25, 0.3) is 0 Å². The number of nitrogens with one attached hydrogen (secondary N) is 1. The molecule has 0 atom stereocenters. The zero-order chi connectivity index (χ0) is 16.4. The first-order valence-electron chi connectivity index (χ1n) is 7.08. The number of aromatic nitrogens is 2. The normalized spacial score (nSPS) is 12.2. The van der Waals surface area contributed by atoms with Gasteiger partial charge in [-0.1, -0.05) is 29.8 Å². The van der Waals surface area contributed by atoms with Crippen LogP contribution < -0.4 is 5.32 Å². The number of hydrogen-bond donors (Lipinski definition) is 1. The summed E-state index contributed by atoms with van der Waals surface area (Å²) in [7, 11) is -3.47. The largest absolute Gasteiger partial charge is 0.365 e. The van der Waals surface area contributed by atoms with Gasteiger partial charge in [0.05, 0.1) is 4.75 Å². The van der Waals surface area contributed by atoms with Crippen LogP contribution in [-0.4, -0.2) is 23.4 Å². The highest BCUT2D eigenvalue weighted by atomic mass is 32.2. The Kier molecular flexibility index (Phi) is 4.51. The zero-order valence-corrected chi connectivity index (χ0v) is 14.1. The molecule has 0 unspecified atom stereocenters.